The second-order valence-corrected chi connectivity index (χ2v) is 5.26. The van der Waals surface area contributed by atoms with Gasteiger partial charge in [0.2, 0.25) is 0 Å². The molecule has 2 aromatic rings. The van der Waals surface area contributed by atoms with Gasteiger partial charge in [-0.1, -0.05) is 18.2 Å². The lowest BCUT2D eigenvalue weighted by molar-refractivity contribution is 0.0773. The van der Waals surface area contributed by atoms with Gasteiger partial charge in [0.15, 0.2) is 0 Å². The first-order chi connectivity index (χ1) is 11.1. The SMILES string of the molecule is CCN(CC)C(=O)c1ccccc1N(C)c1cccc(OC)c1. The fraction of sp³-hybridized carbons (Fsp3) is 0.316. The summed E-state index contributed by atoms with van der Waals surface area (Å²) in [6.45, 7) is 5.39. The van der Waals surface area contributed by atoms with Crippen molar-refractivity contribution in [3.05, 3.63) is 54.1 Å². The summed E-state index contributed by atoms with van der Waals surface area (Å²) in [6, 6.07) is 15.5. The molecule has 0 N–H and O–H groups in total. The maximum absolute atomic E-state index is 12.8. The molecule has 2 aromatic carbocycles. The number of benzene rings is 2. The molecule has 1 amide bonds. The molecule has 0 aliphatic rings. The number of nitrogens with zero attached hydrogens (tertiary/aromatic N) is 2. The topological polar surface area (TPSA) is 32.8 Å². The summed E-state index contributed by atoms with van der Waals surface area (Å²) in [5.74, 6) is 0.849. The molecule has 0 radical (unpaired) electrons. The first-order valence-electron chi connectivity index (χ1n) is 7.88. The number of anilines is 2. The van der Waals surface area contributed by atoms with Crippen molar-refractivity contribution in [1.29, 1.82) is 0 Å². The van der Waals surface area contributed by atoms with Crippen LogP contribution in [0.2, 0.25) is 0 Å². The molecule has 2 rings (SSSR count). The van der Waals surface area contributed by atoms with Gasteiger partial charge in [0.25, 0.3) is 5.91 Å². The van der Waals surface area contributed by atoms with E-state index in [1.165, 1.54) is 0 Å². The van der Waals surface area contributed by atoms with Crippen molar-refractivity contribution in [3.63, 3.8) is 0 Å². The van der Waals surface area contributed by atoms with Gasteiger partial charge in [-0.15, -0.1) is 0 Å². The molecule has 0 fully saturated rings. The van der Waals surface area contributed by atoms with Crippen molar-refractivity contribution in [2.24, 2.45) is 0 Å². The van der Waals surface area contributed by atoms with Gasteiger partial charge in [0, 0.05) is 31.9 Å². The predicted molar refractivity (Wildman–Crippen MR) is 94.8 cm³/mol. The van der Waals surface area contributed by atoms with Crippen LogP contribution in [0.25, 0.3) is 0 Å². The normalized spacial score (nSPS) is 10.3. The van der Waals surface area contributed by atoms with Gasteiger partial charge in [-0.3, -0.25) is 4.79 Å². The van der Waals surface area contributed by atoms with E-state index in [-0.39, 0.29) is 5.91 Å². The van der Waals surface area contributed by atoms with E-state index < -0.39 is 0 Å². The maximum atomic E-state index is 12.8. The van der Waals surface area contributed by atoms with Crippen LogP contribution in [0, 0.1) is 0 Å². The lowest BCUT2D eigenvalue weighted by atomic mass is 10.1. The van der Waals surface area contributed by atoms with Crippen molar-refractivity contribution in [2.45, 2.75) is 13.8 Å². The van der Waals surface area contributed by atoms with Gasteiger partial charge in [-0.05, 0) is 38.1 Å². The molecule has 0 bridgehead atoms. The third-order valence-electron chi connectivity index (χ3n) is 3.99. The average Bonchev–Trinajstić information content (AvgIpc) is 2.62. The van der Waals surface area contributed by atoms with Gasteiger partial charge in [0.05, 0.1) is 18.4 Å². The van der Waals surface area contributed by atoms with E-state index in [9.17, 15) is 4.79 Å². The lowest BCUT2D eigenvalue weighted by Gasteiger charge is -2.25. The molecule has 0 atom stereocenters. The summed E-state index contributed by atoms with van der Waals surface area (Å²) in [5, 5.41) is 0. The van der Waals surface area contributed by atoms with Crippen LogP contribution in [-0.2, 0) is 0 Å². The molecule has 0 saturated heterocycles. The molecule has 0 saturated carbocycles. The minimum atomic E-state index is 0.0559. The van der Waals surface area contributed by atoms with Crippen LogP contribution >= 0.6 is 0 Å². The van der Waals surface area contributed by atoms with Crippen LogP contribution in [0.5, 0.6) is 5.75 Å². The Hall–Kier alpha value is -2.49. The quantitative estimate of drug-likeness (QED) is 0.810. The molecule has 0 spiro atoms. The Morgan fingerprint density at radius 2 is 1.74 bits per heavy atom. The molecule has 0 aliphatic heterocycles. The van der Waals surface area contributed by atoms with E-state index in [0.717, 1.165) is 17.1 Å². The van der Waals surface area contributed by atoms with Gasteiger partial charge < -0.3 is 14.5 Å². The molecule has 0 aromatic heterocycles. The standard InChI is InChI=1S/C19H24N2O2/c1-5-21(6-2)19(22)17-12-7-8-13-18(17)20(3)15-10-9-11-16(14-15)23-4/h7-14H,5-6H2,1-4H3. The van der Waals surface area contributed by atoms with Crippen LogP contribution in [0.4, 0.5) is 11.4 Å². The van der Waals surface area contributed by atoms with E-state index in [4.69, 9.17) is 4.74 Å². The number of ether oxygens (including phenoxy) is 1. The Morgan fingerprint density at radius 1 is 1.04 bits per heavy atom. The van der Waals surface area contributed by atoms with Crippen molar-refractivity contribution in [2.75, 3.05) is 32.1 Å². The molecular weight excluding hydrogens is 288 g/mol. The fourth-order valence-electron chi connectivity index (χ4n) is 2.59. The first-order valence-corrected chi connectivity index (χ1v) is 7.88. The lowest BCUT2D eigenvalue weighted by Crippen LogP contribution is -2.31. The zero-order chi connectivity index (χ0) is 16.8. The second-order valence-electron chi connectivity index (χ2n) is 5.26. The molecule has 4 heteroatoms. The van der Waals surface area contributed by atoms with Gasteiger partial charge in [-0.2, -0.15) is 0 Å². The van der Waals surface area contributed by atoms with Gasteiger partial charge in [-0.25, -0.2) is 0 Å². The third kappa shape index (κ3) is 3.65. The molecule has 23 heavy (non-hydrogen) atoms. The number of amides is 1. The molecule has 0 heterocycles. The summed E-state index contributed by atoms with van der Waals surface area (Å²) in [4.78, 5) is 16.6. The summed E-state index contributed by atoms with van der Waals surface area (Å²) in [7, 11) is 3.61. The van der Waals surface area contributed by atoms with Crippen molar-refractivity contribution < 1.29 is 9.53 Å². The second kappa shape index (κ2) is 7.68. The molecule has 122 valence electrons. The monoisotopic (exact) mass is 312 g/mol. The van der Waals surface area contributed by atoms with E-state index in [1.807, 2.05) is 79.2 Å². The Bertz CT molecular complexity index is 666. The van der Waals surface area contributed by atoms with Gasteiger partial charge in [0.1, 0.15) is 5.75 Å². The number of hydrogen-bond donors (Lipinski definition) is 0. The number of hydrogen-bond acceptors (Lipinski definition) is 3. The Morgan fingerprint density at radius 3 is 2.39 bits per heavy atom. The highest BCUT2D eigenvalue weighted by atomic mass is 16.5. The smallest absolute Gasteiger partial charge is 0.255 e. The highest BCUT2D eigenvalue weighted by molar-refractivity contribution is 6.00. The van der Waals surface area contributed by atoms with E-state index in [0.29, 0.717) is 18.7 Å². The van der Waals surface area contributed by atoms with Crippen molar-refractivity contribution >= 4 is 17.3 Å². The zero-order valence-corrected chi connectivity index (χ0v) is 14.2. The van der Waals surface area contributed by atoms with Crippen LogP contribution in [0.15, 0.2) is 48.5 Å². The van der Waals surface area contributed by atoms with Gasteiger partial charge >= 0.3 is 0 Å². The largest absolute Gasteiger partial charge is 0.497 e. The number of para-hydroxylation sites is 1. The zero-order valence-electron chi connectivity index (χ0n) is 14.2. The van der Waals surface area contributed by atoms with Crippen LogP contribution < -0.4 is 9.64 Å². The minimum Gasteiger partial charge on any atom is -0.497 e. The highest BCUT2D eigenvalue weighted by Gasteiger charge is 2.18. The van der Waals surface area contributed by atoms with Crippen molar-refractivity contribution in [3.8, 4) is 5.75 Å². The fourth-order valence-corrected chi connectivity index (χ4v) is 2.59. The Kier molecular flexibility index (Phi) is 5.63. The first kappa shape index (κ1) is 16.9. The summed E-state index contributed by atoms with van der Waals surface area (Å²) in [5.41, 5.74) is 2.57. The highest BCUT2D eigenvalue weighted by Crippen LogP contribution is 2.30. The molecule has 0 aliphatic carbocycles. The molecule has 0 unspecified atom stereocenters. The average molecular weight is 312 g/mol. The van der Waals surface area contributed by atoms with E-state index in [1.54, 1.807) is 7.11 Å². The Labute approximate surface area is 138 Å². The Balaban J connectivity index is 2.41. The summed E-state index contributed by atoms with van der Waals surface area (Å²) >= 11 is 0. The van der Waals surface area contributed by atoms with Crippen LogP contribution in [0.3, 0.4) is 0 Å². The molecule has 4 nitrogen and oxygen atoms in total. The number of rotatable bonds is 6. The van der Waals surface area contributed by atoms with E-state index in [2.05, 4.69) is 0 Å². The van der Waals surface area contributed by atoms with Crippen LogP contribution in [-0.4, -0.2) is 38.1 Å². The maximum Gasteiger partial charge on any atom is 0.255 e. The number of carbonyl (C=O) groups excluding carboxylic acids is 1. The minimum absolute atomic E-state index is 0.0559. The number of methoxy groups -OCH3 is 1. The summed E-state index contributed by atoms with van der Waals surface area (Å²) < 4.78 is 5.29. The molecular formula is C19H24N2O2. The van der Waals surface area contributed by atoms with E-state index >= 15 is 0 Å². The van der Waals surface area contributed by atoms with Crippen molar-refractivity contribution in [1.82, 2.24) is 4.90 Å². The third-order valence-corrected chi connectivity index (χ3v) is 3.99. The summed E-state index contributed by atoms with van der Waals surface area (Å²) in [6.07, 6.45) is 0. The predicted octanol–water partition coefficient (Wildman–Crippen LogP) is 3.95. The number of carbonyl (C=O) groups is 1. The van der Waals surface area contributed by atoms with Crippen LogP contribution in [0.1, 0.15) is 24.2 Å².